The van der Waals surface area contributed by atoms with Crippen LogP contribution in [0.4, 0.5) is 11.4 Å². The number of carbonyl (C=O) groups is 2. The predicted octanol–water partition coefficient (Wildman–Crippen LogP) is 6.06. The summed E-state index contributed by atoms with van der Waals surface area (Å²) in [7, 11) is 0. The van der Waals surface area contributed by atoms with Crippen LogP contribution in [0, 0.1) is 0 Å². The molecule has 5 rings (SSSR count). The Labute approximate surface area is 210 Å². The van der Waals surface area contributed by atoms with Crippen molar-refractivity contribution in [2.75, 3.05) is 18.4 Å². The third-order valence-corrected chi connectivity index (χ3v) is 6.62. The number of nitrogens with one attached hydrogen (secondary N) is 1. The monoisotopic (exact) mass is 479 g/mol. The molecular formula is C30H29N3O3. The van der Waals surface area contributed by atoms with E-state index in [9.17, 15) is 9.59 Å². The molecule has 4 aromatic rings. The van der Waals surface area contributed by atoms with Gasteiger partial charge in [0.1, 0.15) is 0 Å². The molecule has 36 heavy (non-hydrogen) atoms. The number of fused-ring (bicyclic) bond motifs is 1. The SMILES string of the molecule is O=COC(C(=O)c1cnc2ccccc2c1Nc1cccc(CN2CCCCC2)c1)c1ccccc1. The molecule has 182 valence electrons. The van der Waals surface area contributed by atoms with Crippen molar-refractivity contribution in [2.24, 2.45) is 0 Å². The van der Waals surface area contributed by atoms with Crippen molar-refractivity contribution in [2.45, 2.75) is 31.9 Å². The first kappa shape index (κ1) is 23.7. The van der Waals surface area contributed by atoms with E-state index >= 15 is 0 Å². The van der Waals surface area contributed by atoms with E-state index in [1.54, 1.807) is 18.3 Å². The highest BCUT2D eigenvalue weighted by molar-refractivity contribution is 6.11. The summed E-state index contributed by atoms with van der Waals surface area (Å²) in [6.45, 7) is 3.48. The summed E-state index contributed by atoms with van der Waals surface area (Å²) in [5, 5.41) is 4.32. The maximum Gasteiger partial charge on any atom is 0.294 e. The van der Waals surface area contributed by atoms with Gasteiger partial charge in [-0.25, -0.2) is 0 Å². The summed E-state index contributed by atoms with van der Waals surface area (Å²) in [5.74, 6) is -0.335. The molecule has 0 aliphatic carbocycles. The van der Waals surface area contributed by atoms with Gasteiger partial charge in [0.2, 0.25) is 5.78 Å². The van der Waals surface area contributed by atoms with Gasteiger partial charge in [0.25, 0.3) is 6.47 Å². The van der Waals surface area contributed by atoms with Crippen molar-refractivity contribution in [1.29, 1.82) is 0 Å². The van der Waals surface area contributed by atoms with Crippen molar-refractivity contribution < 1.29 is 14.3 Å². The van der Waals surface area contributed by atoms with Gasteiger partial charge in [0.15, 0.2) is 6.10 Å². The fraction of sp³-hybridized carbons (Fsp3) is 0.233. The Morgan fingerprint density at radius 2 is 1.75 bits per heavy atom. The van der Waals surface area contributed by atoms with Gasteiger partial charge in [0.05, 0.1) is 16.8 Å². The number of ether oxygens (including phenoxy) is 1. The second-order valence-corrected chi connectivity index (χ2v) is 9.11. The summed E-state index contributed by atoms with van der Waals surface area (Å²) in [5.41, 5.74) is 4.51. The molecule has 0 spiro atoms. The normalized spacial score (nSPS) is 14.8. The number of benzene rings is 3. The van der Waals surface area contributed by atoms with E-state index in [0.717, 1.165) is 36.2 Å². The smallest absolute Gasteiger partial charge is 0.294 e. The van der Waals surface area contributed by atoms with Crippen LogP contribution in [0.3, 0.4) is 0 Å². The van der Waals surface area contributed by atoms with Crippen LogP contribution in [0.25, 0.3) is 10.9 Å². The topological polar surface area (TPSA) is 71.5 Å². The van der Waals surface area contributed by atoms with Crippen LogP contribution >= 0.6 is 0 Å². The van der Waals surface area contributed by atoms with Crippen LogP contribution in [0.15, 0.2) is 85.1 Å². The lowest BCUT2D eigenvalue weighted by Crippen LogP contribution is -2.29. The Hall–Kier alpha value is -4.03. The number of nitrogens with zero attached hydrogens (tertiary/aromatic N) is 2. The van der Waals surface area contributed by atoms with E-state index in [4.69, 9.17) is 4.74 Å². The summed E-state index contributed by atoms with van der Waals surface area (Å²) >= 11 is 0. The summed E-state index contributed by atoms with van der Waals surface area (Å²) in [6, 6.07) is 25.0. The zero-order valence-electron chi connectivity index (χ0n) is 20.1. The molecular weight excluding hydrogens is 450 g/mol. The fourth-order valence-electron chi connectivity index (χ4n) is 4.85. The van der Waals surface area contributed by atoms with E-state index in [0.29, 0.717) is 23.3 Å². The van der Waals surface area contributed by atoms with Gasteiger partial charge in [0, 0.05) is 29.4 Å². The second-order valence-electron chi connectivity index (χ2n) is 9.11. The molecule has 1 N–H and O–H groups in total. The number of pyridine rings is 1. The van der Waals surface area contributed by atoms with Crippen molar-refractivity contribution in [3.8, 4) is 0 Å². The minimum absolute atomic E-state index is 0.321. The maximum atomic E-state index is 13.7. The molecule has 0 bridgehead atoms. The number of Topliss-reactive ketones (excluding diaryl/α,β-unsaturated/α-hetero) is 1. The minimum Gasteiger partial charge on any atom is -0.451 e. The highest BCUT2D eigenvalue weighted by Crippen LogP contribution is 2.33. The molecule has 1 aliphatic heterocycles. The average Bonchev–Trinajstić information content (AvgIpc) is 2.93. The number of likely N-dealkylation sites (tertiary alicyclic amines) is 1. The molecule has 1 aliphatic rings. The molecule has 1 fully saturated rings. The summed E-state index contributed by atoms with van der Waals surface area (Å²) in [4.78, 5) is 32.1. The van der Waals surface area contributed by atoms with Gasteiger partial charge in [-0.1, -0.05) is 67.1 Å². The van der Waals surface area contributed by atoms with E-state index in [1.807, 2.05) is 54.6 Å². The lowest BCUT2D eigenvalue weighted by atomic mass is 9.97. The second kappa shape index (κ2) is 11.1. The van der Waals surface area contributed by atoms with E-state index < -0.39 is 6.10 Å². The fourth-order valence-corrected chi connectivity index (χ4v) is 4.85. The summed E-state index contributed by atoms with van der Waals surface area (Å²) < 4.78 is 5.27. The molecule has 3 aromatic carbocycles. The number of para-hydroxylation sites is 1. The van der Waals surface area contributed by atoms with Gasteiger partial charge < -0.3 is 10.1 Å². The minimum atomic E-state index is -1.06. The Kier molecular flexibility index (Phi) is 7.33. The molecule has 1 saturated heterocycles. The largest absolute Gasteiger partial charge is 0.451 e. The van der Waals surface area contributed by atoms with Gasteiger partial charge >= 0.3 is 0 Å². The Morgan fingerprint density at radius 3 is 2.56 bits per heavy atom. The number of hydrogen-bond donors (Lipinski definition) is 1. The van der Waals surface area contributed by atoms with E-state index in [2.05, 4.69) is 27.3 Å². The van der Waals surface area contributed by atoms with Crippen LogP contribution < -0.4 is 5.32 Å². The van der Waals surface area contributed by atoms with Gasteiger partial charge in [-0.15, -0.1) is 0 Å². The van der Waals surface area contributed by atoms with Crippen LogP contribution in [-0.4, -0.2) is 35.2 Å². The number of anilines is 2. The lowest BCUT2D eigenvalue weighted by Gasteiger charge is -2.26. The molecule has 2 heterocycles. The van der Waals surface area contributed by atoms with Crippen molar-refractivity contribution in [1.82, 2.24) is 9.88 Å². The molecule has 1 unspecified atom stereocenters. The van der Waals surface area contributed by atoms with Crippen LogP contribution in [0.1, 0.15) is 46.9 Å². The quantitative estimate of drug-likeness (QED) is 0.232. The number of aromatic nitrogens is 1. The molecule has 1 atom stereocenters. The molecule has 6 nitrogen and oxygen atoms in total. The van der Waals surface area contributed by atoms with E-state index in [-0.39, 0.29) is 5.78 Å². The van der Waals surface area contributed by atoms with Crippen molar-refractivity contribution >= 4 is 34.5 Å². The number of hydrogen-bond acceptors (Lipinski definition) is 6. The average molecular weight is 480 g/mol. The van der Waals surface area contributed by atoms with Crippen LogP contribution in [0.2, 0.25) is 0 Å². The van der Waals surface area contributed by atoms with Crippen LogP contribution in [0.5, 0.6) is 0 Å². The molecule has 6 heteroatoms. The lowest BCUT2D eigenvalue weighted by molar-refractivity contribution is -0.132. The Morgan fingerprint density at radius 1 is 0.972 bits per heavy atom. The highest BCUT2D eigenvalue weighted by Gasteiger charge is 2.27. The van der Waals surface area contributed by atoms with E-state index in [1.165, 1.54) is 24.8 Å². The molecule has 0 saturated carbocycles. The van der Waals surface area contributed by atoms with Crippen molar-refractivity contribution in [3.05, 3.63) is 102 Å². The zero-order valence-corrected chi connectivity index (χ0v) is 20.1. The summed E-state index contributed by atoms with van der Waals surface area (Å²) in [6.07, 6.45) is 4.31. The first-order valence-electron chi connectivity index (χ1n) is 12.4. The van der Waals surface area contributed by atoms with Gasteiger partial charge in [-0.2, -0.15) is 0 Å². The van der Waals surface area contributed by atoms with Gasteiger partial charge in [-0.3, -0.25) is 19.5 Å². The molecule has 0 radical (unpaired) electrons. The Balaban J connectivity index is 1.51. The molecule has 1 aromatic heterocycles. The third-order valence-electron chi connectivity index (χ3n) is 6.62. The van der Waals surface area contributed by atoms with Gasteiger partial charge in [-0.05, 0) is 49.7 Å². The number of piperidine rings is 1. The Bertz CT molecular complexity index is 1350. The standard InChI is InChI=1S/C30H29N3O3/c34-21-36-30(23-11-3-1-4-12-23)29(35)26-19-31-27-15-6-5-14-25(27)28(26)32-24-13-9-10-22(18-24)20-33-16-7-2-8-17-33/h1,3-6,9-15,18-19,21,30H,2,7-8,16-17,20H2,(H,31,32). The highest BCUT2D eigenvalue weighted by atomic mass is 16.5. The van der Waals surface area contributed by atoms with Crippen LogP contribution in [-0.2, 0) is 16.1 Å². The zero-order chi connectivity index (χ0) is 24.7. The first-order valence-corrected chi connectivity index (χ1v) is 12.4. The third kappa shape index (κ3) is 5.29. The number of rotatable bonds is 9. The molecule has 0 amide bonds. The van der Waals surface area contributed by atoms with Crippen molar-refractivity contribution in [3.63, 3.8) is 0 Å². The predicted molar refractivity (Wildman–Crippen MR) is 141 cm³/mol. The number of ketones is 1. The first-order chi connectivity index (χ1) is 17.7. The maximum absolute atomic E-state index is 13.7. The number of carbonyl (C=O) groups excluding carboxylic acids is 2.